The average Bonchev–Trinajstić information content (AvgIpc) is 2.67. The first-order chi connectivity index (χ1) is 6.90. The zero-order valence-electron chi connectivity index (χ0n) is 7.67. The zero-order chi connectivity index (χ0) is 9.80. The van der Waals surface area contributed by atoms with Crippen molar-refractivity contribution in [2.24, 2.45) is 5.73 Å². The minimum absolute atomic E-state index is 0.361. The van der Waals surface area contributed by atoms with Crippen LogP contribution < -0.4 is 5.73 Å². The molecule has 2 aromatic rings. The smallest absolute Gasteiger partial charge is 0.165 e. The van der Waals surface area contributed by atoms with Crippen LogP contribution in [0, 0.1) is 0 Å². The molecule has 0 aliphatic heterocycles. The van der Waals surface area contributed by atoms with E-state index >= 15 is 0 Å². The van der Waals surface area contributed by atoms with Crippen molar-refractivity contribution in [3.8, 4) is 0 Å². The van der Waals surface area contributed by atoms with Gasteiger partial charge in [-0.1, -0.05) is 30.3 Å². The fraction of sp³-hybridized carbons (Fsp3) is 0.222. The molecule has 0 saturated heterocycles. The van der Waals surface area contributed by atoms with Gasteiger partial charge in [0.2, 0.25) is 0 Å². The lowest BCUT2D eigenvalue weighted by atomic mass is 10.2. The molecule has 2 rings (SSSR count). The molecule has 0 fully saturated rings. The fourth-order valence-corrected chi connectivity index (χ4v) is 1.25. The van der Waals surface area contributed by atoms with E-state index in [1.165, 1.54) is 0 Å². The van der Waals surface area contributed by atoms with Crippen molar-refractivity contribution in [2.75, 3.05) is 0 Å². The molecule has 0 spiro atoms. The molecule has 0 aliphatic carbocycles. The number of benzene rings is 1. The largest absolute Gasteiger partial charge is 0.324 e. The third-order valence-corrected chi connectivity index (χ3v) is 1.96. The van der Waals surface area contributed by atoms with E-state index in [4.69, 9.17) is 5.73 Å². The second-order valence-electron chi connectivity index (χ2n) is 2.94. The number of rotatable bonds is 3. The first-order valence-corrected chi connectivity index (χ1v) is 4.39. The van der Waals surface area contributed by atoms with Gasteiger partial charge in [-0.05, 0) is 16.0 Å². The third kappa shape index (κ3) is 1.77. The molecule has 0 aliphatic rings. The normalized spacial score (nSPS) is 10.4. The summed E-state index contributed by atoms with van der Waals surface area (Å²) in [6, 6.07) is 10.0. The molecule has 2 N–H and O–H groups in total. The lowest BCUT2D eigenvalue weighted by molar-refractivity contribution is 0.619. The summed E-state index contributed by atoms with van der Waals surface area (Å²) in [5.41, 5.74) is 6.65. The highest BCUT2D eigenvalue weighted by Gasteiger charge is 2.03. The third-order valence-electron chi connectivity index (χ3n) is 1.96. The molecule has 5 heteroatoms. The van der Waals surface area contributed by atoms with Crippen LogP contribution in [0.1, 0.15) is 11.4 Å². The summed E-state index contributed by atoms with van der Waals surface area (Å²) < 4.78 is 1.70. The van der Waals surface area contributed by atoms with E-state index in [9.17, 15) is 0 Å². The highest BCUT2D eigenvalue weighted by molar-refractivity contribution is 5.14. The van der Waals surface area contributed by atoms with E-state index in [0.717, 1.165) is 5.56 Å². The maximum atomic E-state index is 5.49. The van der Waals surface area contributed by atoms with Gasteiger partial charge >= 0.3 is 0 Å². The Morgan fingerprint density at radius 2 is 2.00 bits per heavy atom. The summed E-state index contributed by atoms with van der Waals surface area (Å²) >= 11 is 0. The molecule has 1 aromatic carbocycles. The van der Waals surface area contributed by atoms with Crippen LogP contribution in [-0.2, 0) is 13.1 Å². The Bertz CT molecular complexity index is 395. The van der Waals surface area contributed by atoms with Crippen molar-refractivity contribution in [2.45, 2.75) is 13.1 Å². The van der Waals surface area contributed by atoms with Crippen LogP contribution in [0.4, 0.5) is 0 Å². The number of hydrogen-bond donors (Lipinski definition) is 1. The van der Waals surface area contributed by atoms with Crippen molar-refractivity contribution in [1.82, 2.24) is 20.2 Å². The maximum absolute atomic E-state index is 5.49. The van der Waals surface area contributed by atoms with Crippen LogP contribution in [0.5, 0.6) is 0 Å². The van der Waals surface area contributed by atoms with Gasteiger partial charge in [0.25, 0.3) is 0 Å². The molecular formula is C9H11N5. The summed E-state index contributed by atoms with van der Waals surface area (Å²) in [7, 11) is 0. The first kappa shape index (κ1) is 8.83. The standard InChI is InChI=1S/C9H11N5/c10-6-9-11-12-13-14(9)7-8-4-2-1-3-5-8/h1-5H,6-7,10H2. The maximum Gasteiger partial charge on any atom is 0.165 e. The van der Waals surface area contributed by atoms with Crippen LogP contribution in [0.25, 0.3) is 0 Å². The van der Waals surface area contributed by atoms with Gasteiger partial charge in [0.05, 0.1) is 13.1 Å². The van der Waals surface area contributed by atoms with E-state index in [0.29, 0.717) is 18.9 Å². The van der Waals surface area contributed by atoms with Crippen molar-refractivity contribution in [3.05, 3.63) is 41.7 Å². The molecule has 1 aromatic heterocycles. The number of hydrogen-bond acceptors (Lipinski definition) is 4. The SMILES string of the molecule is NCc1nnnn1Cc1ccccc1. The first-order valence-electron chi connectivity index (χ1n) is 4.39. The van der Waals surface area contributed by atoms with E-state index < -0.39 is 0 Å². The number of nitrogens with two attached hydrogens (primary N) is 1. The Labute approximate surface area is 81.5 Å². The van der Waals surface area contributed by atoms with Gasteiger partial charge in [0.15, 0.2) is 5.82 Å². The molecule has 0 atom stereocenters. The van der Waals surface area contributed by atoms with E-state index in [-0.39, 0.29) is 0 Å². The molecule has 0 amide bonds. The van der Waals surface area contributed by atoms with Crippen LogP contribution >= 0.6 is 0 Å². The average molecular weight is 189 g/mol. The molecule has 1 heterocycles. The molecule has 5 nitrogen and oxygen atoms in total. The quantitative estimate of drug-likeness (QED) is 0.747. The minimum Gasteiger partial charge on any atom is -0.324 e. The van der Waals surface area contributed by atoms with Crippen molar-refractivity contribution in [1.29, 1.82) is 0 Å². The number of nitrogens with zero attached hydrogens (tertiary/aromatic N) is 4. The Kier molecular flexibility index (Phi) is 2.51. The van der Waals surface area contributed by atoms with Gasteiger partial charge < -0.3 is 5.73 Å². The van der Waals surface area contributed by atoms with Crippen LogP contribution in [-0.4, -0.2) is 20.2 Å². The molecule has 72 valence electrons. The minimum atomic E-state index is 0.361. The molecule has 14 heavy (non-hydrogen) atoms. The van der Waals surface area contributed by atoms with Crippen LogP contribution in [0.3, 0.4) is 0 Å². The molecule has 0 bridgehead atoms. The predicted molar refractivity (Wildman–Crippen MR) is 51.3 cm³/mol. The Morgan fingerprint density at radius 3 is 2.71 bits per heavy atom. The lowest BCUT2D eigenvalue weighted by Crippen LogP contribution is -2.10. The van der Waals surface area contributed by atoms with Gasteiger partial charge in [-0.25, -0.2) is 4.68 Å². The van der Waals surface area contributed by atoms with Gasteiger partial charge in [-0.2, -0.15) is 0 Å². The summed E-state index contributed by atoms with van der Waals surface area (Å²) in [5, 5.41) is 11.2. The van der Waals surface area contributed by atoms with Gasteiger partial charge in [0, 0.05) is 0 Å². The van der Waals surface area contributed by atoms with E-state index in [2.05, 4.69) is 15.5 Å². The Hall–Kier alpha value is -1.75. The molecule has 0 saturated carbocycles. The lowest BCUT2D eigenvalue weighted by Gasteiger charge is -2.02. The van der Waals surface area contributed by atoms with Crippen molar-refractivity contribution >= 4 is 0 Å². The van der Waals surface area contributed by atoms with Crippen LogP contribution in [0.2, 0.25) is 0 Å². The second kappa shape index (κ2) is 3.97. The Morgan fingerprint density at radius 1 is 1.21 bits per heavy atom. The number of tetrazole rings is 1. The zero-order valence-corrected chi connectivity index (χ0v) is 7.67. The van der Waals surface area contributed by atoms with E-state index in [1.807, 2.05) is 30.3 Å². The summed E-state index contributed by atoms with van der Waals surface area (Å²) in [4.78, 5) is 0. The monoisotopic (exact) mass is 189 g/mol. The molecular weight excluding hydrogens is 178 g/mol. The summed E-state index contributed by atoms with van der Waals surface area (Å²) in [6.45, 7) is 1.03. The predicted octanol–water partition coefficient (Wildman–Crippen LogP) is 0.180. The number of aromatic nitrogens is 4. The van der Waals surface area contributed by atoms with Gasteiger partial charge in [-0.3, -0.25) is 0 Å². The molecule has 0 unspecified atom stereocenters. The second-order valence-corrected chi connectivity index (χ2v) is 2.94. The van der Waals surface area contributed by atoms with E-state index in [1.54, 1.807) is 4.68 Å². The highest BCUT2D eigenvalue weighted by atomic mass is 15.5. The fourth-order valence-electron chi connectivity index (χ4n) is 1.25. The highest BCUT2D eigenvalue weighted by Crippen LogP contribution is 2.01. The van der Waals surface area contributed by atoms with Gasteiger partial charge in [0.1, 0.15) is 0 Å². The topological polar surface area (TPSA) is 69.6 Å². The van der Waals surface area contributed by atoms with Crippen molar-refractivity contribution < 1.29 is 0 Å². The van der Waals surface area contributed by atoms with Crippen molar-refractivity contribution in [3.63, 3.8) is 0 Å². The molecule has 0 radical (unpaired) electrons. The van der Waals surface area contributed by atoms with Gasteiger partial charge in [-0.15, -0.1) is 5.10 Å². The Balaban J connectivity index is 2.19. The van der Waals surface area contributed by atoms with Crippen LogP contribution in [0.15, 0.2) is 30.3 Å². The summed E-state index contributed by atoms with van der Waals surface area (Å²) in [6.07, 6.45) is 0. The summed E-state index contributed by atoms with van der Waals surface area (Å²) in [5.74, 6) is 0.703.